The number of carbonyl (C=O) groups excluding carboxylic acids is 1. The van der Waals surface area contributed by atoms with Gasteiger partial charge in [-0.3, -0.25) is 9.48 Å². The normalized spacial score (nSPS) is 11.4. The topological polar surface area (TPSA) is 38.1 Å². The Kier molecular flexibility index (Phi) is 4.52. The zero-order chi connectivity index (χ0) is 12.3. The molecule has 0 N–H and O–H groups in total. The van der Waals surface area contributed by atoms with Crippen molar-refractivity contribution in [2.75, 3.05) is 14.1 Å². The zero-order valence-electron chi connectivity index (χ0n) is 9.94. The van der Waals surface area contributed by atoms with Crippen molar-refractivity contribution in [2.45, 2.75) is 19.9 Å². The van der Waals surface area contributed by atoms with E-state index in [1.807, 2.05) is 32.8 Å². The van der Waals surface area contributed by atoms with Gasteiger partial charge in [-0.1, -0.05) is 0 Å². The summed E-state index contributed by atoms with van der Waals surface area (Å²) in [4.78, 5) is 13.7. The number of halogens is 1. The molecule has 0 amide bonds. The highest BCUT2D eigenvalue weighted by atomic mass is 127. The van der Waals surface area contributed by atoms with Crippen LogP contribution in [0.25, 0.3) is 0 Å². The van der Waals surface area contributed by atoms with Gasteiger partial charge in [-0.25, -0.2) is 0 Å². The maximum absolute atomic E-state index is 11.8. The van der Waals surface area contributed by atoms with Gasteiger partial charge in [0.05, 0.1) is 5.56 Å². The first-order valence-corrected chi connectivity index (χ1v) is 6.13. The van der Waals surface area contributed by atoms with Gasteiger partial charge in [0.25, 0.3) is 0 Å². The smallest absolute Gasteiger partial charge is 0.191 e. The molecule has 0 aromatic carbocycles. The van der Waals surface area contributed by atoms with Gasteiger partial charge in [-0.05, 0) is 36.4 Å². The quantitative estimate of drug-likeness (QED) is 0.482. The number of hydrogen-bond donors (Lipinski definition) is 0. The van der Waals surface area contributed by atoms with Gasteiger partial charge < -0.3 is 4.90 Å². The molecule has 0 fully saturated rings. The molecule has 0 unspecified atom stereocenters. The molecule has 0 saturated carbocycles. The first-order valence-electron chi connectivity index (χ1n) is 5.05. The van der Waals surface area contributed by atoms with Gasteiger partial charge in [0.15, 0.2) is 5.78 Å². The Bertz CT molecular complexity index is 407. The van der Waals surface area contributed by atoms with E-state index in [-0.39, 0.29) is 11.8 Å². The fraction of sp³-hybridized carbons (Fsp3) is 0.455. The summed E-state index contributed by atoms with van der Waals surface area (Å²) in [6.07, 6.45) is 5.10. The summed E-state index contributed by atoms with van der Waals surface area (Å²) in [7, 11) is 3.76. The molecule has 0 aliphatic rings. The molecule has 88 valence electrons. The van der Waals surface area contributed by atoms with Crippen molar-refractivity contribution in [2.24, 2.45) is 0 Å². The Hall–Kier alpha value is -0.850. The molecule has 1 heterocycles. The van der Waals surface area contributed by atoms with Crippen molar-refractivity contribution in [1.82, 2.24) is 14.7 Å². The van der Waals surface area contributed by atoms with E-state index in [1.54, 1.807) is 23.2 Å². The van der Waals surface area contributed by atoms with Crippen LogP contribution in [0, 0.1) is 3.70 Å². The lowest BCUT2D eigenvalue weighted by Gasteiger charge is -2.03. The summed E-state index contributed by atoms with van der Waals surface area (Å²) in [6, 6.07) is 0.271. The van der Waals surface area contributed by atoms with Crippen LogP contribution >= 0.6 is 22.6 Å². The monoisotopic (exact) mass is 333 g/mol. The van der Waals surface area contributed by atoms with E-state index in [1.165, 1.54) is 0 Å². The highest BCUT2D eigenvalue weighted by molar-refractivity contribution is 14.1. The third-order valence-corrected chi connectivity index (χ3v) is 2.80. The number of nitrogens with zero attached hydrogens (tertiary/aromatic N) is 3. The summed E-state index contributed by atoms with van der Waals surface area (Å²) < 4.78 is 2.55. The fourth-order valence-corrected chi connectivity index (χ4v) is 1.76. The molecule has 1 aromatic rings. The number of carbonyl (C=O) groups is 1. The highest BCUT2D eigenvalue weighted by Crippen LogP contribution is 2.14. The summed E-state index contributed by atoms with van der Waals surface area (Å²) in [6.45, 7) is 4.07. The number of rotatable bonds is 4. The highest BCUT2D eigenvalue weighted by Gasteiger charge is 2.13. The van der Waals surface area contributed by atoms with Crippen molar-refractivity contribution in [3.8, 4) is 0 Å². The van der Waals surface area contributed by atoms with Gasteiger partial charge in [-0.15, -0.1) is 0 Å². The van der Waals surface area contributed by atoms with Crippen LogP contribution in [0.1, 0.15) is 30.2 Å². The van der Waals surface area contributed by atoms with Crippen molar-refractivity contribution in [3.63, 3.8) is 0 Å². The average molecular weight is 333 g/mol. The van der Waals surface area contributed by atoms with E-state index >= 15 is 0 Å². The van der Waals surface area contributed by atoms with Crippen LogP contribution in [0.4, 0.5) is 0 Å². The maximum Gasteiger partial charge on any atom is 0.191 e. The van der Waals surface area contributed by atoms with E-state index < -0.39 is 0 Å². The fourth-order valence-electron chi connectivity index (χ4n) is 1.11. The molecule has 5 heteroatoms. The molecule has 0 radical (unpaired) electrons. The second-order valence-corrected chi connectivity index (χ2v) is 5.07. The van der Waals surface area contributed by atoms with E-state index in [0.29, 0.717) is 5.56 Å². The molecule has 4 nitrogen and oxygen atoms in total. The number of ketones is 1. The lowest BCUT2D eigenvalue weighted by molar-refractivity contribution is 0.104. The standard InChI is InChI=1S/C11H16IN3O/c1-8(2)15-7-9(11(12)13-15)10(16)5-6-14(3)4/h5-8H,1-4H3/b6-5-. The largest absolute Gasteiger partial charge is 0.383 e. The third-order valence-electron chi connectivity index (χ3n) is 2.01. The first kappa shape index (κ1) is 13.2. The minimum Gasteiger partial charge on any atom is -0.383 e. The van der Waals surface area contributed by atoms with Gasteiger partial charge in [0.2, 0.25) is 0 Å². The van der Waals surface area contributed by atoms with Gasteiger partial charge in [0.1, 0.15) is 3.70 Å². The molecular formula is C11H16IN3O. The van der Waals surface area contributed by atoms with Crippen LogP contribution in [-0.4, -0.2) is 34.6 Å². The summed E-state index contributed by atoms with van der Waals surface area (Å²) >= 11 is 2.09. The predicted molar refractivity (Wildman–Crippen MR) is 72.5 cm³/mol. The maximum atomic E-state index is 11.8. The van der Waals surface area contributed by atoms with Crippen molar-refractivity contribution >= 4 is 28.4 Å². The molecule has 1 rings (SSSR count). The lowest BCUT2D eigenvalue weighted by Crippen LogP contribution is -2.03. The first-order chi connectivity index (χ1) is 7.41. The Morgan fingerprint density at radius 1 is 1.56 bits per heavy atom. The van der Waals surface area contributed by atoms with Gasteiger partial charge in [0, 0.05) is 38.6 Å². The van der Waals surface area contributed by atoms with E-state index in [2.05, 4.69) is 27.7 Å². The van der Waals surface area contributed by atoms with Crippen LogP contribution in [0.15, 0.2) is 18.5 Å². The molecule has 0 aliphatic heterocycles. The molecule has 0 saturated heterocycles. The number of aromatic nitrogens is 2. The Balaban J connectivity index is 2.92. The third kappa shape index (κ3) is 3.33. The van der Waals surface area contributed by atoms with E-state index in [0.717, 1.165) is 3.70 Å². The molecule has 0 bridgehead atoms. The minimum atomic E-state index is -0.00926. The number of allylic oxidation sites excluding steroid dienone is 1. The minimum absolute atomic E-state index is 0.00926. The molecule has 1 aromatic heterocycles. The molecule has 0 aliphatic carbocycles. The predicted octanol–water partition coefficient (Wildman–Crippen LogP) is 2.33. The SMILES string of the molecule is CC(C)n1cc(C(=O)/C=C\N(C)C)c(I)n1. The molecular weight excluding hydrogens is 317 g/mol. The number of hydrogen-bond acceptors (Lipinski definition) is 3. The second kappa shape index (κ2) is 5.47. The van der Waals surface area contributed by atoms with Gasteiger partial charge in [-0.2, -0.15) is 5.10 Å². The molecule has 0 atom stereocenters. The average Bonchev–Trinajstić information content (AvgIpc) is 2.57. The van der Waals surface area contributed by atoms with Gasteiger partial charge >= 0.3 is 0 Å². The Morgan fingerprint density at radius 3 is 2.62 bits per heavy atom. The Morgan fingerprint density at radius 2 is 2.19 bits per heavy atom. The molecule has 0 spiro atoms. The van der Waals surface area contributed by atoms with Crippen molar-refractivity contribution in [1.29, 1.82) is 0 Å². The zero-order valence-corrected chi connectivity index (χ0v) is 12.1. The van der Waals surface area contributed by atoms with E-state index in [4.69, 9.17) is 0 Å². The van der Waals surface area contributed by atoms with Crippen LogP contribution < -0.4 is 0 Å². The Labute approximate surface area is 109 Å². The van der Waals surface area contributed by atoms with Crippen LogP contribution in [0.5, 0.6) is 0 Å². The summed E-state index contributed by atoms with van der Waals surface area (Å²) in [5.74, 6) is -0.00926. The van der Waals surface area contributed by atoms with Crippen molar-refractivity contribution < 1.29 is 4.79 Å². The van der Waals surface area contributed by atoms with E-state index in [9.17, 15) is 4.79 Å². The summed E-state index contributed by atoms with van der Waals surface area (Å²) in [5.41, 5.74) is 0.660. The van der Waals surface area contributed by atoms with Crippen LogP contribution in [0.3, 0.4) is 0 Å². The summed E-state index contributed by atoms with van der Waals surface area (Å²) in [5, 5.41) is 4.29. The van der Waals surface area contributed by atoms with Crippen LogP contribution in [-0.2, 0) is 0 Å². The lowest BCUT2D eigenvalue weighted by atomic mass is 10.2. The van der Waals surface area contributed by atoms with Crippen LogP contribution in [0.2, 0.25) is 0 Å². The second-order valence-electron chi connectivity index (χ2n) is 4.05. The van der Waals surface area contributed by atoms with Crippen molar-refractivity contribution in [3.05, 3.63) is 27.7 Å². The molecule has 16 heavy (non-hydrogen) atoms.